The highest BCUT2D eigenvalue weighted by Gasteiger charge is 2.40. The number of aromatic nitrogens is 2. The lowest BCUT2D eigenvalue weighted by Crippen LogP contribution is -2.43. The number of carbonyl (C=O) groups excluding carboxylic acids is 2. The van der Waals surface area contributed by atoms with Crippen LogP contribution in [-0.4, -0.2) is 53.3 Å². The van der Waals surface area contributed by atoms with E-state index >= 15 is 0 Å². The molecule has 9 nitrogen and oxygen atoms in total. The first-order valence-corrected chi connectivity index (χ1v) is 10.3. The molecule has 2 aromatic heterocycles. The Labute approximate surface area is 163 Å². The molecular weight excluding hydrogens is 384 g/mol. The Hall–Kier alpha value is -2.72. The lowest BCUT2D eigenvalue weighted by atomic mass is 10.2. The molecule has 150 valence electrons. The van der Waals surface area contributed by atoms with Crippen molar-refractivity contribution in [1.29, 1.82) is 0 Å². The maximum atomic E-state index is 13.1. The van der Waals surface area contributed by atoms with Crippen molar-refractivity contribution < 1.29 is 22.7 Å². The van der Waals surface area contributed by atoms with Crippen LogP contribution in [0, 0.1) is 0 Å². The van der Waals surface area contributed by atoms with Gasteiger partial charge in [0.2, 0.25) is 15.9 Å². The molecule has 28 heavy (non-hydrogen) atoms. The third-order valence-corrected chi connectivity index (χ3v) is 6.38. The summed E-state index contributed by atoms with van der Waals surface area (Å²) in [4.78, 5) is 28.5. The van der Waals surface area contributed by atoms with Crippen LogP contribution in [0.2, 0.25) is 0 Å². The van der Waals surface area contributed by atoms with Crippen molar-refractivity contribution >= 4 is 27.6 Å². The summed E-state index contributed by atoms with van der Waals surface area (Å²) < 4.78 is 33.8. The van der Waals surface area contributed by atoms with E-state index < -0.39 is 27.9 Å². The zero-order chi connectivity index (χ0) is 20.3. The van der Waals surface area contributed by atoms with E-state index in [1.165, 1.54) is 27.3 Å². The molecule has 3 rings (SSSR count). The van der Waals surface area contributed by atoms with Crippen molar-refractivity contribution in [2.24, 2.45) is 7.05 Å². The predicted octanol–water partition coefficient (Wildman–Crippen LogP) is 1.39. The van der Waals surface area contributed by atoms with Gasteiger partial charge < -0.3 is 14.6 Å². The summed E-state index contributed by atoms with van der Waals surface area (Å²) in [5.74, 6) is -1.01. The minimum absolute atomic E-state index is 0.0425. The van der Waals surface area contributed by atoms with Crippen molar-refractivity contribution in [1.82, 2.24) is 13.9 Å². The van der Waals surface area contributed by atoms with Gasteiger partial charge in [-0.15, -0.1) is 0 Å². The quantitative estimate of drug-likeness (QED) is 0.726. The molecule has 0 saturated carbocycles. The summed E-state index contributed by atoms with van der Waals surface area (Å²) >= 11 is 0. The van der Waals surface area contributed by atoms with Crippen LogP contribution in [0.3, 0.4) is 0 Å². The first kappa shape index (κ1) is 20.0. The maximum absolute atomic E-state index is 13.1. The van der Waals surface area contributed by atoms with Crippen LogP contribution in [0.15, 0.2) is 41.7 Å². The second-order valence-corrected chi connectivity index (χ2v) is 8.29. The third kappa shape index (κ3) is 3.92. The summed E-state index contributed by atoms with van der Waals surface area (Å²) in [5, 5.41) is 2.70. The number of rotatable bonds is 6. The standard InChI is InChI=1S/C18H22N4O5S/c1-3-27-18(24)16-10-14(12-21(16)2)28(25,26)22-9-5-7-15(22)17(23)20-13-6-4-8-19-11-13/h4,6,8,10-12,15H,3,5,7,9H2,1-2H3,(H,20,23)/t15-/m1/s1. The normalized spacial score (nSPS) is 17.4. The number of nitrogens with one attached hydrogen (secondary N) is 1. The van der Waals surface area contributed by atoms with E-state index in [1.807, 2.05) is 0 Å². The molecule has 1 aliphatic heterocycles. The first-order valence-electron chi connectivity index (χ1n) is 8.90. The van der Waals surface area contributed by atoms with Crippen molar-refractivity contribution in [2.45, 2.75) is 30.7 Å². The fourth-order valence-corrected chi connectivity index (χ4v) is 4.90. The smallest absolute Gasteiger partial charge is 0.354 e. The van der Waals surface area contributed by atoms with Crippen LogP contribution in [0.25, 0.3) is 0 Å². The minimum Gasteiger partial charge on any atom is -0.461 e. The molecule has 1 saturated heterocycles. The second-order valence-electron chi connectivity index (χ2n) is 6.40. The molecule has 1 aliphatic rings. The lowest BCUT2D eigenvalue weighted by molar-refractivity contribution is -0.119. The minimum atomic E-state index is -3.95. The van der Waals surface area contributed by atoms with Crippen LogP contribution in [0.4, 0.5) is 5.69 Å². The maximum Gasteiger partial charge on any atom is 0.354 e. The molecular formula is C18H22N4O5S. The van der Waals surface area contributed by atoms with Gasteiger partial charge >= 0.3 is 5.97 Å². The number of hydrogen-bond donors (Lipinski definition) is 1. The van der Waals surface area contributed by atoms with Gasteiger partial charge in [0.25, 0.3) is 0 Å². The molecule has 1 amide bonds. The third-order valence-electron chi connectivity index (χ3n) is 4.51. The van der Waals surface area contributed by atoms with Gasteiger partial charge in [-0.1, -0.05) is 0 Å². The summed E-state index contributed by atoms with van der Waals surface area (Å²) in [6, 6.07) is 3.82. The molecule has 0 unspecified atom stereocenters. The summed E-state index contributed by atoms with van der Waals surface area (Å²) in [7, 11) is -2.38. The van der Waals surface area contributed by atoms with Crippen molar-refractivity contribution in [3.8, 4) is 0 Å². The summed E-state index contributed by atoms with van der Waals surface area (Å²) in [6.45, 7) is 2.10. The number of anilines is 1. The van der Waals surface area contributed by atoms with E-state index in [0.717, 1.165) is 0 Å². The Balaban J connectivity index is 1.83. The number of aryl methyl sites for hydroxylation is 1. The molecule has 1 fully saturated rings. The van der Waals surface area contributed by atoms with Gasteiger partial charge in [0.1, 0.15) is 16.6 Å². The van der Waals surface area contributed by atoms with Crippen LogP contribution >= 0.6 is 0 Å². The monoisotopic (exact) mass is 406 g/mol. The molecule has 0 radical (unpaired) electrons. The highest BCUT2D eigenvalue weighted by molar-refractivity contribution is 7.89. The second kappa shape index (κ2) is 8.11. The fraction of sp³-hybridized carbons (Fsp3) is 0.389. The van der Waals surface area contributed by atoms with Crippen molar-refractivity contribution in [2.75, 3.05) is 18.5 Å². The first-order chi connectivity index (χ1) is 13.3. The molecule has 1 atom stereocenters. The summed E-state index contributed by atoms with van der Waals surface area (Å²) in [6.07, 6.45) is 5.42. The Bertz CT molecular complexity index is 971. The van der Waals surface area contributed by atoms with Gasteiger partial charge in [-0.3, -0.25) is 9.78 Å². The molecule has 10 heteroatoms. The van der Waals surface area contributed by atoms with Crippen LogP contribution < -0.4 is 5.32 Å². The number of esters is 1. The Morgan fingerprint density at radius 1 is 1.39 bits per heavy atom. The number of nitrogens with zero attached hydrogens (tertiary/aromatic N) is 3. The largest absolute Gasteiger partial charge is 0.461 e. The Morgan fingerprint density at radius 2 is 2.18 bits per heavy atom. The molecule has 3 heterocycles. The zero-order valence-corrected chi connectivity index (χ0v) is 16.5. The van der Waals surface area contributed by atoms with Gasteiger partial charge in [0.15, 0.2) is 0 Å². The van der Waals surface area contributed by atoms with E-state index in [-0.39, 0.29) is 23.7 Å². The van der Waals surface area contributed by atoms with Crippen LogP contribution in [0.5, 0.6) is 0 Å². The van der Waals surface area contributed by atoms with Crippen molar-refractivity contribution in [3.05, 3.63) is 42.5 Å². The lowest BCUT2D eigenvalue weighted by Gasteiger charge is -2.22. The fourth-order valence-electron chi connectivity index (χ4n) is 3.17. The van der Waals surface area contributed by atoms with Crippen LogP contribution in [-0.2, 0) is 26.6 Å². The van der Waals surface area contributed by atoms with E-state index in [9.17, 15) is 18.0 Å². The number of amides is 1. The SMILES string of the molecule is CCOC(=O)c1cc(S(=O)(=O)N2CCC[C@@H]2C(=O)Nc2cccnc2)cn1C. The van der Waals surface area contributed by atoms with Gasteiger partial charge in [-0.25, -0.2) is 13.2 Å². The highest BCUT2D eigenvalue weighted by Crippen LogP contribution is 2.28. The van der Waals surface area contributed by atoms with Gasteiger partial charge in [-0.05, 0) is 38.0 Å². The molecule has 0 aliphatic carbocycles. The summed E-state index contributed by atoms with van der Waals surface area (Å²) in [5.41, 5.74) is 0.636. The number of carbonyl (C=O) groups is 2. The average molecular weight is 406 g/mol. The molecule has 0 aromatic carbocycles. The van der Waals surface area contributed by atoms with E-state index in [0.29, 0.717) is 18.5 Å². The zero-order valence-electron chi connectivity index (χ0n) is 15.7. The number of sulfonamides is 1. The Morgan fingerprint density at radius 3 is 2.86 bits per heavy atom. The van der Waals surface area contributed by atoms with E-state index in [2.05, 4.69) is 10.3 Å². The van der Waals surface area contributed by atoms with E-state index in [4.69, 9.17) is 4.74 Å². The molecule has 0 spiro atoms. The number of pyridine rings is 1. The van der Waals surface area contributed by atoms with Gasteiger partial charge in [0, 0.05) is 26.0 Å². The number of ether oxygens (including phenoxy) is 1. The Kier molecular flexibility index (Phi) is 5.80. The molecule has 0 bridgehead atoms. The predicted molar refractivity (Wildman–Crippen MR) is 101 cm³/mol. The average Bonchev–Trinajstić information content (AvgIpc) is 3.30. The number of hydrogen-bond acceptors (Lipinski definition) is 6. The molecule has 2 aromatic rings. The van der Waals surface area contributed by atoms with Crippen molar-refractivity contribution in [3.63, 3.8) is 0 Å². The van der Waals surface area contributed by atoms with Crippen LogP contribution in [0.1, 0.15) is 30.3 Å². The van der Waals surface area contributed by atoms with Gasteiger partial charge in [0.05, 0.1) is 18.5 Å². The van der Waals surface area contributed by atoms with Gasteiger partial charge in [-0.2, -0.15) is 4.31 Å². The highest BCUT2D eigenvalue weighted by atomic mass is 32.2. The topological polar surface area (TPSA) is 111 Å². The van der Waals surface area contributed by atoms with E-state index in [1.54, 1.807) is 32.3 Å². The molecule has 1 N–H and O–H groups in total.